The first kappa shape index (κ1) is 15.3. The molecule has 1 aliphatic carbocycles. The molecular weight excluding hydrogens is 252 g/mol. The summed E-state index contributed by atoms with van der Waals surface area (Å²) < 4.78 is 10.5. The van der Waals surface area contributed by atoms with Gasteiger partial charge in [0, 0.05) is 24.9 Å². The van der Waals surface area contributed by atoms with Crippen molar-refractivity contribution < 1.29 is 9.47 Å². The van der Waals surface area contributed by atoms with Gasteiger partial charge in [-0.3, -0.25) is 0 Å². The summed E-state index contributed by atoms with van der Waals surface area (Å²) in [5.74, 6) is 0. The normalized spacial score (nSPS) is 22.7. The van der Waals surface area contributed by atoms with E-state index >= 15 is 0 Å². The second kappa shape index (κ2) is 8.25. The van der Waals surface area contributed by atoms with E-state index in [2.05, 4.69) is 29.6 Å². The van der Waals surface area contributed by atoms with E-state index in [-0.39, 0.29) is 0 Å². The number of hydrogen-bond donors (Lipinski definition) is 2. The minimum absolute atomic E-state index is 0.397. The van der Waals surface area contributed by atoms with Crippen LogP contribution in [0.25, 0.3) is 0 Å². The molecular formula is C16H26N2O2. The quantitative estimate of drug-likeness (QED) is 0.753. The van der Waals surface area contributed by atoms with Crippen LogP contribution >= 0.6 is 0 Å². The third kappa shape index (κ3) is 5.12. The van der Waals surface area contributed by atoms with Crippen LogP contribution in [0.2, 0.25) is 0 Å². The molecule has 0 saturated heterocycles. The number of hydrogen-bond acceptors (Lipinski definition) is 4. The first-order valence-electron chi connectivity index (χ1n) is 7.45. The molecule has 0 heterocycles. The highest BCUT2D eigenvalue weighted by Gasteiger charge is 2.18. The van der Waals surface area contributed by atoms with Crippen LogP contribution in [0.1, 0.15) is 31.2 Å². The van der Waals surface area contributed by atoms with Crippen LogP contribution in [0.4, 0.5) is 5.69 Å². The highest BCUT2D eigenvalue weighted by atomic mass is 16.5. The van der Waals surface area contributed by atoms with Gasteiger partial charge in [0.2, 0.25) is 0 Å². The summed E-state index contributed by atoms with van der Waals surface area (Å²) in [5.41, 5.74) is 8.31. The highest BCUT2D eigenvalue weighted by molar-refractivity contribution is 5.46. The molecule has 1 aliphatic rings. The average molecular weight is 278 g/mol. The second-order valence-electron chi connectivity index (χ2n) is 5.50. The Balaban J connectivity index is 1.79. The fourth-order valence-electron chi connectivity index (χ4n) is 2.58. The summed E-state index contributed by atoms with van der Waals surface area (Å²) in [4.78, 5) is 0. The summed E-state index contributed by atoms with van der Waals surface area (Å²) in [7, 11) is 1.68. The van der Waals surface area contributed by atoms with E-state index in [1.165, 1.54) is 11.3 Å². The second-order valence-corrected chi connectivity index (χ2v) is 5.50. The van der Waals surface area contributed by atoms with Crippen molar-refractivity contribution in [2.75, 3.05) is 25.6 Å². The number of rotatable bonds is 7. The number of ether oxygens (including phenoxy) is 2. The van der Waals surface area contributed by atoms with Gasteiger partial charge in [-0.15, -0.1) is 0 Å². The van der Waals surface area contributed by atoms with Crippen LogP contribution in [0.15, 0.2) is 24.3 Å². The van der Waals surface area contributed by atoms with Gasteiger partial charge in [-0.1, -0.05) is 12.1 Å². The van der Waals surface area contributed by atoms with Gasteiger partial charge in [-0.25, -0.2) is 0 Å². The molecule has 0 aromatic heterocycles. The highest BCUT2D eigenvalue weighted by Crippen LogP contribution is 2.21. The Morgan fingerprint density at radius 1 is 1.20 bits per heavy atom. The predicted octanol–water partition coefficient (Wildman–Crippen LogP) is 2.53. The maximum absolute atomic E-state index is 5.94. The SMILES string of the molecule is COCCOCc1cccc(NC2CCC(N)CC2)c1. The van der Waals surface area contributed by atoms with Crippen molar-refractivity contribution in [3.63, 3.8) is 0 Å². The molecule has 0 atom stereocenters. The van der Waals surface area contributed by atoms with Gasteiger partial charge in [0.15, 0.2) is 0 Å². The molecule has 1 aromatic rings. The fourth-order valence-corrected chi connectivity index (χ4v) is 2.58. The third-order valence-corrected chi connectivity index (χ3v) is 3.77. The lowest BCUT2D eigenvalue weighted by Crippen LogP contribution is -2.32. The Bertz CT molecular complexity index is 390. The van der Waals surface area contributed by atoms with Crippen LogP contribution in [0, 0.1) is 0 Å². The number of benzene rings is 1. The van der Waals surface area contributed by atoms with Gasteiger partial charge >= 0.3 is 0 Å². The lowest BCUT2D eigenvalue weighted by molar-refractivity contribution is 0.0617. The number of nitrogens with one attached hydrogen (secondary N) is 1. The van der Waals surface area contributed by atoms with Crippen LogP contribution < -0.4 is 11.1 Å². The van der Waals surface area contributed by atoms with E-state index in [4.69, 9.17) is 15.2 Å². The summed E-state index contributed by atoms with van der Waals surface area (Å²) in [6.45, 7) is 1.91. The Kier molecular flexibility index (Phi) is 6.30. The molecule has 0 unspecified atom stereocenters. The summed E-state index contributed by atoms with van der Waals surface area (Å²) >= 11 is 0. The predicted molar refractivity (Wildman–Crippen MR) is 81.8 cm³/mol. The van der Waals surface area contributed by atoms with Crippen molar-refractivity contribution >= 4 is 5.69 Å². The third-order valence-electron chi connectivity index (χ3n) is 3.77. The largest absolute Gasteiger partial charge is 0.382 e. The van der Waals surface area contributed by atoms with Crippen molar-refractivity contribution in [3.05, 3.63) is 29.8 Å². The molecule has 112 valence electrons. The molecule has 0 spiro atoms. The standard InChI is InChI=1S/C16H26N2O2/c1-19-9-10-20-12-13-3-2-4-16(11-13)18-15-7-5-14(17)6-8-15/h2-4,11,14-15,18H,5-10,12,17H2,1H3. The van der Waals surface area contributed by atoms with Crippen molar-refractivity contribution in [3.8, 4) is 0 Å². The Hall–Kier alpha value is -1.10. The summed E-state index contributed by atoms with van der Waals surface area (Å²) in [6, 6.07) is 9.41. The van der Waals surface area contributed by atoms with Crippen LogP contribution in [-0.4, -0.2) is 32.4 Å². The van der Waals surface area contributed by atoms with Gasteiger partial charge in [0.25, 0.3) is 0 Å². The minimum Gasteiger partial charge on any atom is -0.382 e. The molecule has 0 radical (unpaired) electrons. The molecule has 0 bridgehead atoms. The van der Waals surface area contributed by atoms with Gasteiger partial charge in [0.05, 0.1) is 19.8 Å². The van der Waals surface area contributed by atoms with Crippen LogP contribution in [-0.2, 0) is 16.1 Å². The monoisotopic (exact) mass is 278 g/mol. The van der Waals surface area contributed by atoms with Crippen molar-refractivity contribution in [2.24, 2.45) is 5.73 Å². The van der Waals surface area contributed by atoms with E-state index < -0.39 is 0 Å². The first-order chi connectivity index (χ1) is 9.78. The Morgan fingerprint density at radius 3 is 2.75 bits per heavy atom. The molecule has 4 nitrogen and oxygen atoms in total. The molecule has 1 fully saturated rings. The number of anilines is 1. The number of nitrogens with two attached hydrogens (primary N) is 1. The van der Waals surface area contributed by atoms with Gasteiger partial charge < -0.3 is 20.5 Å². The lowest BCUT2D eigenvalue weighted by atomic mass is 9.91. The van der Waals surface area contributed by atoms with E-state index in [1.807, 2.05) is 0 Å². The topological polar surface area (TPSA) is 56.5 Å². The minimum atomic E-state index is 0.397. The van der Waals surface area contributed by atoms with E-state index in [0.29, 0.717) is 31.9 Å². The zero-order chi connectivity index (χ0) is 14.2. The van der Waals surface area contributed by atoms with Gasteiger partial charge in [0.1, 0.15) is 0 Å². The molecule has 2 rings (SSSR count). The fraction of sp³-hybridized carbons (Fsp3) is 0.625. The van der Waals surface area contributed by atoms with Crippen molar-refractivity contribution in [1.29, 1.82) is 0 Å². The molecule has 1 saturated carbocycles. The van der Waals surface area contributed by atoms with Gasteiger partial charge in [-0.2, -0.15) is 0 Å². The van der Waals surface area contributed by atoms with E-state index in [0.717, 1.165) is 25.7 Å². The average Bonchev–Trinajstić information content (AvgIpc) is 2.47. The summed E-state index contributed by atoms with van der Waals surface area (Å²) in [5, 5.41) is 3.61. The molecule has 1 aromatic carbocycles. The molecule has 0 aliphatic heterocycles. The Labute approximate surface area is 121 Å². The van der Waals surface area contributed by atoms with Crippen LogP contribution in [0.5, 0.6) is 0 Å². The lowest BCUT2D eigenvalue weighted by Gasteiger charge is -2.27. The Morgan fingerprint density at radius 2 is 2.00 bits per heavy atom. The van der Waals surface area contributed by atoms with Gasteiger partial charge in [-0.05, 0) is 43.4 Å². The molecule has 20 heavy (non-hydrogen) atoms. The smallest absolute Gasteiger partial charge is 0.0718 e. The zero-order valence-corrected chi connectivity index (χ0v) is 12.3. The van der Waals surface area contributed by atoms with E-state index in [9.17, 15) is 0 Å². The molecule has 0 amide bonds. The molecule has 3 N–H and O–H groups in total. The zero-order valence-electron chi connectivity index (χ0n) is 12.3. The molecule has 4 heteroatoms. The first-order valence-corrected chi connectivity index (χ1v) is 7.45. The van der Waals surface area contributed by atoms with Crippen molar-refractivity contribution in [1.82, 2.24) is 0 Å². The maximum Gasteiger partial charge on any atom is 0.0718 e. The summed E-state index contributed by atoms with van der Waals surface area (Å²) in [6.07, 6.45) is 4.57. The van der Waals surface area contributed by atoms with E-state index in [1.54, 1.807) is 7.11 Å². The maximum atomic E-state index is 5.94. The van der Waals surface area contributed by atoms with Crippen LogP contribution in [0.3, 0.4) is 0 Å². The van der Waals surface area contributed by atoms with Crippen molar-refractivity contribution in [2.45, 2.75) is 44.4 Å². The number of methoxy groups -OCH3 is 1.